The zero-order valence-electron chi connectivity index (χ0n) is 17.7. The number of hydrogen-bond acceptors (Lipinski definition) is 3. The number of nitrogens with zero attached hydrogens (tertiary/aromatic N) is 2. The predicted molar refractivity (Wildman–Crippen MR) is 118 cm³/mol. The fraction of sp³-hybridized carbons (Fsp3) is 0.417. The first-order valence-electron chi connectivity index (χ1n) is 10.5. The van der Waals surface area contributed by atoms with E-state index in [1.165, 1.54) is 11.1 Å². The Balaban J connectivity index is 1.69. The summed E-state index contributed by atoms with van der Waals surface area (Å²) in [4.78, 5) is 27.7. The number of fused-ring (bicyclic) bond motifs is 3. The number of quaternary nitrogens is 1. The average molecular weight is 428 g/mol. The van der Waals surface area contributed by atoms with Gasteiger partial charge in [-0.25, -0.2) is 4.79 Å². The van der Waals surface area contributed by atoms with Gasteiger partial charge in [-0.15, -0.1) is 0 Å². The molecule has 158 valence electrons. The number of ether oxygens (including phenoxy) is 1. The maximum Gasteiger partial charge on any atom is 0.361 e. The number of likely N-dealkylation sites (N-methyl/N-ethyl adjacent to an activating group) is 1. The minimum Gasteiger partial charge on any atom is -0.462 e. The summed E-state index contributed by atoms with van der Waals surface area (Å²) >= 11 is 6.36. The first-order valence-corrected chi connectivity index (χ1v) is 10.9. The first-order chi connectivity index (χ1) is 14.3. The molecule has 0 radical (unpaired) electrons. The summed E-state index contributed by atoms with van der Waals surface area (Å²) in [5.41, 5.74) is 3.85. The zero-order chi connectivity index (χ0) is 21.5. The van der Waals surface area contributed by atoms with Crippen LogP contribution in [-0.2, 0) is 9.53 Å². The van der Waals surface area contributed by atoms with Crippen molar-refractivity contribution in [2.75, 3.05) is 38.2 Å². The SMILES string of the molecule is CCOC(=O)C[N+]1(C)CC[C@H]2[C@@H](C1)c1cc(C)ccc1N2C(=O)c1ccccc1Cl. The number of piperidine rings is 1. The second-order valence-electron chi connectivity index (χ2n) is 8.67. The molecule has 2 aromatic carbocycles. The molecule has 2 aliphatic heterocycles. The number of aryl methyl sites for hydroxylation is 1. The maximum absolute atomic E-state index is 13.6. The van der Waals surface area contributed by atoms with Gasteiger partial charge < -0.3 is 14.1 Å². The Labute approximate surface area is 182 Å². The lowest BCUT2D eigenvalue weighted by Crippen LogP contribution is -2.58. The van der Waals surface area contributed by atoms with Crippen LogP contribution in [0, 0.1) is 6.92 Å². The molecule has 2 aliphatic rings. The van der Waals surface area contributed by atoms with Crippen LogP contribution < -0.4 is 4.90 Å². The van der Waals surface area contributed by atoms with Crippen LogP contribution in [0.3, 0.4) is 0 Å². The van der Waals surface area contributed by atoms with Crippen LogP contribution in [0.4, 0.5) is 5.69 Å². The molecule has 3 atom stereocenters. The van der Waals surface area contributed by atoms with Gasteiger partial charge in [0.05, 0.1) is 49.3 Å². The Hall–Kier alpha value is -2.37. The van der Waals surface area contributed by atoms with Gasteiger partial charge in [0.1, 0.15) is 0 Å². The summed E-state index contributed by atoms with van der Waals surface area (Å²) in [6.07, 6.45) is 0.824. The molecule has 1 amide bonds. The molecule has 30 heavy (non-hydrogen) atoms. The highest BCUT2D eigenvalue weighted by molar-refractivity contribution is 6.34. The van der Waals surface area contributed by atoms with Gasteiger partial charge >= 0.3 is 5.97 Å². The standard InChI is InChI=1S/C24H28ClN2O3/c1-4-30-23(28)15-27(3)12-11-22-19(14-27)18-13-16(2)9-10-21(18)26(22)24(29)17-7-5-6-8-20(17)25/h5-10,13,19,22H,4,11-12,14-15H2,1-3H3/q+1/t19-,22-,27?/m0/s1. The van der Waals surface area contributed by atoms with E-state index in [0.717, 1.165) is 25.2 Å². The zero-order valence-corrected chi connectivity index (χ0v) is 18.5. The summed E-state index contributed by atoms with van der Waals surface area (Å²) in [5.74, 6) is -0.0378. The second-order valence-corrected chi connectivity index (χ2v) is 9.08. The minimum absolute atomic E-state index is 0.0558. The first kappa shape index (κ1) is 20.9. The van der Waals surface area contributed by atoms with Gasteiger partial charge in [-0.1, -0.05) is 41.4 Å². The van der Waals surface area contributed by atoms with Gasteiger partial charge in [0.25, 0.3) is 5.91 Å². The molecule has 6 heteroatoms. The van der Waals surface area contributed by atoms with Gasteiger partial charge in [0, 0.05) is 12.1 Å². The normalized spacial score (nSPS) is 24.9. The van der Waals surface area contributed by atoms with Crippen molar-refractivity contribution in [2.45, 2.75) is 32.2 Å². The summed E-state index contributed by atoms with van der Waals surface area (Å²) in [6.45, 7) is 6.27. The van der Waals surface area contributed by atoms with Crippen molar-refractivity contribution in [3.05, 3.63) is 64.2 Å². The molecule has 4 rings (SSSR count). The van der Waals surface area contributed by atoms with Gasteiger partial charge in [0.2, 0.25) is 0 Å². The van der Waals surface area contributed by atoms with Crippen LogP contribution in [0.15, 0.2) is 42.5 Å². The monoisotopic (exact) mass is 427 g/mol. The lowest BCUT2D eigenvalue weighted by molar-refractivity contribution is -0.908. The summed E-state index contributed by atoms with van der Waals surface area (Å²) in [7, 11) is 2.11. The third-order valence-electron chi connectivity index (χ3n) is 6.38. The Morgan fingerprint density at radius 3 is 2.73 bits per heavy atom. The molecular weight excluding hydrogens is 400 g/mol. The van der Waals surface area contributed by atoms with Crippen molar-refractivity contribution >= 4 is 29.2 Å². The maximum atomic E-state index is 13.6. The number of benzene rings is 2. The Bertz CT molecular complexity index is 992. The Morgan fingerprint density at radius 1 is 1.23 bits per heavy atom. The van der Waals surface area contributed by atoms with Crippen molar-refractivity contribution in [3.8, 4) is 0 Å². The lowest BCUT2D eigenvalue weighted by Gasteiger charge is -2.43. The molecule has 1 unspecified atom stereocenters. The Kier molecular flexibility index (Phi) is 5.60. The molecule has 1 saturated heterocycles. The number of amides is 1. The molecule has 2 aromatic rings. The molecule has 0 aromatic heterocycles. The average Bonchev–Trinajstić information content (AvgIpc) is 3.00. The van der Waals surface area contributed by atoms with Crippen LogP contribution in [0.1, 0.15) is 40.7 Å². The summed E-state index contributed by atoms with van der Waals surface area (Å²) in [6, 6.07) is 13.6. The largest absolute Gasteiger partial charge is 0.462 e. The topological polar surface area (TPSA) is 46.6 Å². The summed E-state index contributed by atoms with van der Waals surface area (Å²) < 4.78 is 5.83. The van der Waals surface area contributed by atoms with Gasteiger partial charge in [-0.2, -0.15) is 0 Å². The van der Waals surface area contributed by atoms with E-state index in [-0.39, 0.29) is 23.8 Å². The molecule has 5 nitrogen and oxygen atoms in total. The van der Waals surface area contributed by atoms with E-state index in [0.29, 0.717) is 28.2 Å². The number of halogens is 1. The quantitative estimate of drug-likeness (QED) is 0.543. The molecule has 2 heterocycles. The number of esters is 1. The van der Waals surface area contributed by atoms with E-state index in [1.807, 2.05) is 30.0 Å². The number of carbonyl (C=O) groups excluding carboxylic acids is 2. The fourth-order valence-electron chi connectivity index (χ4n) is 5.00. The molecular formula is C24H28ClN2O3+. The molecule has 0 saturated carbocycles. The number of anilines is 1. The van der Waals surface area contributed by atoms with Crippen molar-refractivity contribution in [1.29, 1.82) is 0 Å². The fourth-order valence-corrected chi connectivity index (χ4v) is 5.22. The van der Waals surface area contributed by atoms with Gasteiger partial charge in [-0.3, -0.25) is 4.79 Å². The van der Waals surface area contributed by atoms with Crippen molar-refractivity contribution in [1.82, 2.24) is 0 Å². The second kappa shape index (κ2) is 8.05. The molecule has 1 fully saturated rings. The number of hydrogen-bond donors (Lipinski definition) is 0. The highest BCUT2D eigenvalue weighted by Gasteiger charge is 2.49. The lowest BCUT2D eigenvalue weighted by atomic mass is 9.87. The smallest absolute Gasteiger partial charge is 0.361 e. The van der Waals surface area contributed by atoms with Crippen LogP contribution in [0.25, 0.3) is 0 Å². The van der Waals surface area contributed by atoms with E-state index < -0.39 is 0 Å². The highest BCUT2D eigenvalue weighted by Crippen LogP contribution is 2.47. The number of rotatable bonds is 4. The van der Waals surface area contributed by atoms with Crippen LogP contribution >= 0.6 is 11.6 Å². The van der Waals surface area contributed by atoms with E-state index in [9.17, 15) is 9.59 Å². The van der Waals surface area contributed by atoms with E-state index in [4.69, 9.17) is 16.3 Å². The van der Waals surface area contributed by atoms with Gasteiger partial charge in [0.15, 0.2) is 6.54 Å². The van der Waals surface area contributed by atoms with Crippen molar-refractivity contribution < 1.29 is 18.8 Å². The summed E-state index contributed by atoms with van der Waals surface area (Å²) in [5, 5.41) is 0.471. The van der Waals surface area contributed by atoms with Gasteiger partial charge in [-0.05, 0) is 37.6 Å². The number of carbonyl (C=O) groups is 2. The molecule has 0 bridgehead atoms. The predicted octanol–water partition coefficient (Wildman–Crippen LogP) is 4.17. The van der Waals surface area contributed by atoms with Crippen LogP contribution in [-0.4, -0.2) is 55.7 Å². The van der Waals surface area contributed by atoms with E-state index >= 15 is 0 Å². The molecule has 0 spiro atoms. The minimum atomic E-state index is -0.162. The molecule has 0 N–H and O–H groups in total. The molecule has 0 aliphatic carbocycles. The van der Waals surface area contributed by atoms with E-state index in [1.54, 1.807) is 12.1 Å². The highest BCUT2D eigenvalue weighted by atomic mass is 35.5. The van der Waals surface area contributed by atoms with Crippen LogP contribution in [0.5, 0.6) is 0 Å². The Morgan fingerprint density at radius 2 is 2.00 bits per heavy atom. The third-order valence-corrected chi connectivity index (χ3v) is 6.71. The number of likely N-dealkylation sites (tertiary alicyclic amines) is 1. The third kappa shape index (κ3) is 3.72. The van der Waals surface area contributed by atoms with Crippen LogP contribution in [0.2, 0.25) is 5.02 Å². The van der Waals surface area contributed by atoms with E-state index in [2.05, 4.69) is 26.1 Å². The van der Waals surface area contributed by atoms with Crippen molar-refractivity contribution in [3.63, 3.8) is 0 Å². The van der Waals surface area contributed by atoms with Crippen molar-refractivity contribution in [2.24, 2.45) is 0 Å².